The van der Waals surface area contributed by atoms with E-state index in [0.29, 0.717) is 225 Å². The Bertz CT molecular complexity index is 3720. The number of hydrogen-bond acceptors (Lipinski definition) is 23. The highest BCUT2D eigenvalue weighted by Gasteiger charge is 2.45. The Hall–Kier alpha value is -8.71. The van der Waals surface area contributed by atoms with Crippen molar-refractivity contribution in [3.63, 3.8) is 0 Å². The normalized spacial score (nSPS) is 17.2. The van der Waals surface area contributed by atoms with Gasteiger partial charge in [0.2, 0.25) is 5.91 Å². The number of anilines is 1. The van der Waals surface area contributed by atoms with Gasteiger partial charge >= 0.3 is 6.09 Å². The molecule has 2 N–H and O–H groups in total. The molecule has 0 radical (unpaired) electrons. The molecule has 0 saturated carbocycles. The minimum atomic E-state index is -1.47. The molecule has 113 heavy (non-hydrogen) atoms. The predicted octanol–water partition coefficient (Wildman–Crippen LogP) is 10.00. The summed E-state index contributed by atoms with van der Waals surface area (Å²) in [6.45, 7) is 16.9. The Balaban J connectivity index is 0.622. The number of Topliss-reactive ketones (excluding diaryl/α,β-unsaturated/α-hetero) is 3. The van der Waals surface area contributed by atoms with Crippen molar-refractivity contribution in [1.82, 2.24) is 20.0 Å². The molecule has 0 saturated heterocycles. The maximum Gasteiger partial charge on any atom is 0.416 e. The summed E-state index contributed by atoms with van der Waals surface area (Å²) in [5, 5.41) is 14.7. The van der Waals surface area contributed by atoms with Crippen LogP contribution in [0.1, 0.15) is 162 Å². The van der Waals surface area contributed by atoms with E-state index in [0.717, 1.165) is 44.9 Å². The molecule has 28 nitrogen and oxygen atoms in total. The number of aliphatic hydroxyl groups excluding tert-OH is 1. The Kier molecular flexibility index (Phi) is 38.6. The van der Waals surface area contributed by atoms with Crippen LogP contribution in [0.2, 0.25) is 0 Å². The Morgan fingerprint density at radius 2 is 1.07 bits per heavy atom. The number of hydrogen-bond donors (Lipinski definition) is 2. The van der Waals surface area contributed by atoms with Gasteiger partial charge in [-0.1, -0.05) is 68.3 Å². The van der Waals surface area contributed by atoms with E-state index in [1.807, 2.05) is 71.2 Å². The van der Waals surface area contributed by atoms with Gasteiger partial charge in [-0.05, 0) is 125 Å². The summed E-state index contributed by atoms with van der Waals surface area (Å²) < 4.78 is 74.0. The van der Waals surface area contributed by atoms with Crippen LogP contribution in [0.25, 0.3) is 0 Å². The van der Waals surface area contributed by atoms with Gasteiger partial charge in [0, 0.05) is 93.2 Å². The first-order chi connectivity index (χ1) is 54.7. The van der Waals surface area contributed by atoms with E-state index >= 15 is 0 Å². The summed E-state index contributed by atoms with van der Waals surface area (Å²) in [6, 6.07) is 13.4. The lowest BCUT2D eigenvalue weighted by Gasteiger charge is -2.31. The van der Waals surface area contributed by atoms with Gasteiger partial charge in [-0.15, -0.1) is 0 Å². The lowest BCUT2D eigenvalue weighted by Crippen LogP contribution is -2.50. The molecule has 0 spiro atoms. The van der Waals surface area contributed by atoms with E-state index in [1.54, 1.807) is 30.3 Å². The van der Waals surface area contributed by atoms with Gasteiger partial charge in [0.25, 0.3) is 23.6 Å². The second kappa shape index (κ2) is 48.5. The number of amides is 6. The third kappa shape index (κ3) is 29.0. The molecule has 5 atom stereocenters. The summed E-state index contributed by atoms with van der Waals surface area (Å²) >= 11 is 0. The molecular formula is C85H117N5O23. The average molecular weight is 1580 g/mol. The van der Waals surface area contributed by atoms with E-state index in [4.69, 9.17) is 61.6 Å². The van der Waals surface area contributed by atoms with Crippen molar-refractivity contribution in [3.05, 3.63) is 124 Å². The number of benzene rings is 3. The first-order valence-corrected chi connectivity index (χ1v) is 39.8. The number of allylic oxidation sites excluding steroid dienone is 1. The van der Waals surface area contributed by atoms with E-state index in [9.17, 15) is 48.3 Å². The number of nitrogens with zero attached hydrogens (tertiary/aromatic N) is 4. The van der Waals surface area contributed by atoms with Crippen molar-refractivity contribution < 1.29 is 110 Å². The van der Waals surface area contributed by atoms with Gasteiger partial charge < -0.3 is 81.8 Å². The van der Waals surface area contributed by atoms with E-state index in [2.05, 4.69) is 17.5 Å². The van der Waals surface area contributed by atoms with Crippen molar-refractivity contribution in [3.8, 4) is 23.0 Å². The quantitative estimate of drug-likeness (QED) is 0.0301. The molecule has 0 fully saturated rings. The highest BCUT2D eigenvalue weighted by molar-refractivity contribution is 6.13. The summed E-state index contributed by atoms with van der Waals surface area (Å²) in [6.07, 6.45) is 16.0. The zero-order valence-electron chi connectivity index (χ0n) is 66.9. The molecule has 3 aromatic carbocycles. The third-order valence-electron chi connectivity index (χ3n) is 20.2. The third-order valence-corrected chi connectivity index (χ3v) is 20.2. The van der Waals surface area contributed by atoms with Crippen molar-refractivity contribution >= 4 is 58.7 Å². The van der Waals surface area contributed by atoms with Crippen LogP contribution in [0.5, 0.6) is 23.0 Å². The molecule has 0 bridgehead atoms. The number of imide groups is 1. The molecule has 5 heterocycles. The number of unbranched alkanes of at least 4 members (excludes halogenated alkanes) is 2. The maximum absolute atomic E-state index is 14.3. The van der Waals surface area contributed by atoms with Crippen molar-refractivity contribution in [2.45, 2.75) is 162 Å². The Labute approximate surface area is 664 Å². The molecule has 0 aliphatic carbocycles. The van der Waals surface area contributed by atoms with E-state index < -0.39 is 36.1 Å². The van der Waals surface area contributed by atoms with Crippen molar-refractivity contribution in [1.29, 1.82) is 0 Å². The molecule has 5 aliphatic rings. The Morgan fingerprint density at radius 3 is 1.66 bits per heavy atom. The zero-order chi connectivity index (χ0) is 80.9. The minimum absolute atomic E-state index is 0.0149. The number of rotatable bonds is 56. The lowest BCUT2D eigenvalue weighted by molar-refractivity contribution is -0.137. The first kappa shape index (κ1) is 89.8. The van der Waals surface area contributed by atoms with Crippen LogP contribution in [0.4, 0.5) is 10.5 Å². The number of nitrogens with one attached hydrogen (secondary N) is 1. The number of methoxy groups -OCH3 is 2. The maximum atomic E-state index is 14.3. The van der Waals surface area contributed by atoms with Crippen LogP contribution in [-0.2, 0) is 90.8 Å². The standard InChI is InChI=1S/C85H117N5O23/c1-59(2)68(18-13-17-67(91)29-34-103-36-38-105-40-42-107-44-46-109-48-49-110-47-45-108-43-41-106-39-37-104-35-30-86-79(94)28-31-87-80(95)26-27-81(87)96)74(93)19-11-14-62(5)73(92)25-24-63-20-22-64(23-21-63)58-113-85(100)90-71-55-78(76(102-7)54-70(71)83(98)89-57-61(4)51-72(89)84(90)99)112-33-10-8-9-32-111-77-52-65-15-12-16-66-50-60(3)56-88(66)82(97)69(65)53-75(77)101-6/h12,16,20-23,26-27,52-57,59,62,66,68,72,84,99H,8-11,13-15,17-19,24-25,28-51,58H2,1-7H3,(H,86,94)/b16-12+/t62-,66-,68+,72+,84+/m1/s1. The molecule has 620 valence electrons. The second-order valence-corrected chi connectivity index (χ2v) is 29.1. The van der Waals surface area contributed by atoms with Crippen molar-refractivity contribution in [2.24, 2.45) is 17.8 Å². The molecule has 3 aromatic rings. The monoisotopic (exact) mass is 1580 g/mol. The van der Waals surface area contributed by atoms with Gasteiger partial charge in [-0.3, -0.25) is 43.3 Å². The second-order valence-electron chi connectivity index (χ2n) is 29.1. The minimum Gasteiger partial charge on any atom is -0.493 e. The molecular weight excluding hydrogens is 1460 g/mol. The fourth-order valence-electron chi connectivity index (χ4n) is 13.8. The number of aryl methyl sites for hydroxylation is 1. The molecule has 28 heteroatoms. The van der Waals surface area contributed by atoms with E-state index in [1.165, 1.54) is 30.2 Å². The van der Waals surface area contributed by atoms with Crippen LogP contribution < -0.4 is 29.2 Å². The van der Waals surface area contributed by atoms with Crippen LogP contribution in [0, 0.1) is 17.8 Å². The predicted molar refractivity (Wildman–Crippen MR) is 419 cm³/mol. The number of carbonyl (C=O) groups excluding carboxylic acids is 9. The molecule has 6 amide bonds. The molecule has 8 rings (SSSR count). The highest BCUT2D eigenvalue weighted by Crippen LogP contribution is 2.43. The smallest absolute Gasteiger partial charge is 0.416 e. The van der Waals surface area contributed by atoms with Gasteiger partial charge in [0.1, 0.15) is 24.0 Å². The molecule has 0 aromatic heterocycles. The van der Waals surface area contributed by atoms with Crippen LogP contribution in [0.15, 0.2) is 96.4 Å². The average Bonchev–Trinajstić information content (AvgIpc) is 1.62. The fourth-order valence-corrected chi connectivity index (χ4v) is 13.8. The molecule has 5 aliphatic heterocycles. The topological polar surface area (TPSA) is 319 Å². The number of aliphatic hydroxyl groups is 1. The first-order valence-electron chi connectivity index (χ1n) is 39.8. The number of ether oxygens (including phenoxy) is 13. The van der Waals surface area contributed by atoms with Crippen molar-refractivity contribution in [2.75, 3.05) is 151 Å². The van der Waals surface area contributed by atoms with Gasteiger partial charge in [-0.2, -0.15) is 0 Å². The summed E-state index contributed by atoms with van der Waals surface area (Å²) in [5.41, 5.74) is 5.31. The van der Waals surface area contributed by atoms with Gasteiger partial charge in [-0.25, -0.2) is 9.69 Å². The number of ketones is 3. The van der Waals surface area contributed by atoms with Gasteiger partial charge in [0.15, 0.2) is 29.2 Å². The summed E-state index contributed by atoms with van der Waals surface area (Å²) in [5.74, 6) is 0.108. The van der Waals surface area contributed by atoms with Crippen LogP contribution in [0.3, 0.4) is 0 Å². The van der Waals surface area contributed by atoms with Gasteiger partial charge in [0.05, 0.1) is 156 Å². The molecule has 0 unspecified atom stereocenters. The Morgan fingerprint density at radius 1 is 0.540 bits per heavy atom. The number of fused-ring (bicyclic) bond motifs is 4. The summed E-state index contributed by atoms with van der Waals surface area (Å²) in [7, 11) is 3.03. The number of carbonyl (C=O) groups is 9. The highest BCUT2D eigenvalue weighted by atomic mass is 16.6. The van der Waals surface area contributed by atoms with Crippen LogP contribution in [-0.4, -0.2) is 237 Å². The largest absolute Gasteiger partial charge is 0.493 e. The lowest BCUT2D eigenvalue weighted by atomic mass is 9.84. The SMILES string of the molecule is COc1cc2c(cc1OCCCCCOc1cc3c(cc1OC)C(=O)N1C=C(C)C[C@H]1[C@H](O)N3C(=O)OCc1ccc(CCC(=O)[C@H](C)CCCC(=O)[C@@H](CCCC(=O)CCOCCOCCOCCOCCOCCOCCOCCOCCNC(=O)CCN3C(=O)C=CC3=O)C(C)C)cc1)C/C=C/[C@@H]1CC(C)=CN1C2=O. The zero-order valence-corrected chi connectivity index (χ0v) is 66.9. The summed E-state index contributed by atoms with van der Waals surface area (Å²) in [4.78, 5) is 122. The van der Waals surface area contributed by atoms with Crippen LogP contribution >= 0.6 is 0 Å². The van der Waals surface area contributed by atoms with E-state index in [-0.39, 0.29) is 102 Å². The fraction of sp³-hybridized carbons (Fsp3) is 0.588.